The molecule has 10 N–H and O–H groups in total. The molecule has 0 fully saturated rings. The number of hydrogen-bond acceptors (Lipinski definition) is 5. The molecule has 0 aliphatic heterocycles. The zero-order valence-electron chi connectivity index (χ0n) is 20.1. The zero-order chi connectivity index (χ0) is 20.5. The van der Waals surface area contributed by atoms with Gasteiger partial charge in [-0.2, -0.15) is 0 Å². The number of benzene rings is 2. The van der Waals surface area contributed by atoms with E-state index in [2.05, 4.69) is 17.1 Å². The van der Waals surface area contributed by atoms with Crippen LogP contribution in [0.2, 0.25) is 0 Å². The number of ether oxygens (including phenoxy) is 1. The molecule has 0 atom stereocenters. The number of nitrogens with two attached hydrogens (primary N) is 5. The number of rotatable bonds is 9. The Balaban J connectivity index is -0.000000801. The van der Waals surface area contributed by atoms with E-state index in [0.29, 0.717) is 6.61 Å². The number of nitrogens with zero attached hydrogens (tertiary/aromatic N) is 1. The van der Waals surface area contributed by atoms with Gasteiger partial charge in [0.1, 0.15) is 12.4 Å². The number of aromatic nitrogens is 1. The van der Waals surface area contributed by atoms with Crippen LogP contribution in [0.5, 0.6) is 5.75 Å². The smallest absolute Gasteiger partial charge is 0.693 e. The summed E-state index contributed by atoms with van der Waals surface area (Å²) in [5.41, 5.74) is 3.28. The zero-order valence-corrected chi connectivity index (χ0v) is 22.8. The van der Waals surface area contributed by atoms with Crippen molar-refractivity contribution in [3.05, 3.63) is 121 Å². The molecule has 3 rings (SSSR count). The molecule has 0 aliphatic rings. The third-order valence-electron chi connectivity index (χ3n) is 4.57. The van der Waals surface area contributed by atoms with E-state index in [9.17, 15) is 0 Å². The third-order valence-corrected chi connectivity index (χ3v) is 7.23. The Bertz CT molecular complexity index is 923. The molecule has 0 saturated carbocycles. The molecule has 1 aromatic heterocycles. The summed E-state index contributed by atoms with van der Waals surface area (Å²) >= 11 is 0. The van der Waals surface area contributed by atoms with Crippen LogP contribution in [0.4, 0.5) is 0 Å². The fourth-order valence-corrected chi connectivity index (χ4v) is 4.70. The summed E-state index contributed by atoms with van der Waals surface area (Å²) in [6.07, 6.45) is 7.69. The van der Waals surface area contributed by atoms with Gasteiger partial charge < -0.3 is 48.8 Å². The molecule has 0 saturated heterocycles. The molecular formula is C23H35N6O4RuSi. The van der Waals surface area contributed by atoms with E-state index in [1.54, 1.807) is 33.7 Å². The standard InChI is InChI=1S/C23H25NO4Si.5H2N.Ru/c1-25-29(26-2,27-3)23-12-8-21(9-13-23)18-28-22-10-6-19(7-11-22)4-5-20-14-16-24-17-15-20;;;;;;/h4-17H,18H2,1-3H3;5*1H2;/q;5*-1;+5/b5-4+;;;;;;. The van der Waals surface area contributed by atoms with Gasteiger partial charge >= 0.3 is 28.3 Å². The predicted molar refractivity (Wildman–Crippen MR) is 143 cm³/mol. The molecule has 193 valence electrons. The molecule has 12 heteroatoms. The maximum Gasteiger partial charge on any atom is 5.00 e. The minimum Gasteiger partial charge on any atom is -0.693 e. The van der Waals surface area contributed by atoms with Gasteiger partial charge in [-0.25, -0.2) is 0 Å². The van der Waals surface area contributed by atoms with Crippen LogP contribution >= 0.6 is 0 Å². The molecule has 2 aromatic carbocycles. The van der Waals surface area contributed by atoms with Crippen molar-refractivity contribution >= 4 is 26.1 Å². The monoisotopic (exact) mass is 589 g/mol. The van der Waals surface area contributed by atoms with Gasteiger partial charge in [0.25, 0.3) is 0 Å². The average molecular weight is 589 g/mol. The normalized spacial score (nSPS) is 9.69. The average Bonchev–Trinajstić information content (AvgIpc) is 2.80. The molecule has 0 amide bonds. The summed E-state index contributed by atoms with van der Waals surface area (Å²) in [4.78, 5) is 4.02. The van der Waals surface area contributed by atoms with Crippen molar-refractivity contribution in [1.29, 1.82) is 0 Å². The van der Waals surface area contributed by atoms with Crippen LogP contribution in [0.1, 0.15) is 16.7 Å². The quantitative estimate of drug-likeness (QED) is 0.231. The van der Waals surface area contributed by atoms with E-state index in [1.807, 2.05) is 60.7 Å². The van der Waals surface area contributed by atoms with Crippen molar-refractivity contribution in [3.63, 3.8) is 0 Å². The van der Waals surface area contributed by atoms with Gasteiger partial charge in [0.2, 0.25) is 0 Å². The molecule has 3 aromatic rings. The Kier molecular flexibility index (Phi) is 22.7. The number of pyridine rings is 1. The molecule has 35 heavy (non-hydrogen) atoms. The molecule has 0 aliphatic carbocycles. The van der Waals surface area contributed by atoms with Crippen LogP contribution in [0, 0.1) is 0 Å². The minimum absolute atomic E-state index is 0. The second kappa shape index (κ2) is 19.9. The fourth-order valence-electron chi connectivity index (χ4n) is 2.92. The molecule has 10 nitrogen and oxygen atoms in total. The molecular weight excluding hydrogens is 553 g/mol. The van der Waals surface area contributed by atoms with Crippen LogP contribution in [0.15, 0.2) is 73.1 Å². The Morgan fingerprint density at radius 1 is 0.657 bits per heavy atom. The van der Waals surface area contributed by atoms with E-state index in [-0.39, 0.29) is 50.2 Å². The Labute approximate surface area is 222 Å². The molecule has 0 unspecified atom stereocenters. The van der Waals surface area contributed by atoms with Crippen molar-refractivity contribution in [2.24, 2.45) is 0 Å². The van der Waals surface area contributed by atoms with Crippen molar-refractivity contribution in [3.8, 4) is 5.75 Å². The van der Waals surface area contributed by atoms with Gasteiger partial charge in [0.15, 0.2) is 0 Å². The molecule has 0 bridgehead atoms. The molecule has 1 heterocycles. The predicted octanol–water partition coefficient (Wildman–Crippen LogP) is 7.50. The van der Waals surface area contributed by atoms with E-state index in [1.165, 1.54) is 0 Å². The van der Waals surface area contributed by atoms with Crippen LogP contribution < -0.4 is 9.92 Å². The fraction of sp³-hybridized carbons (Fsp3) is 0.174. The van der Waals surface area contributed by atoms with E-state index >= 15 is 0 Å². The van der Waals surface area contributed by atoms with E-state index in [4.69, 9.17) is 18.0 Å². The van der Waals surface area contributed by atoms with Gasteiger partial charge in [-0.05, 0) is 41.0 Å². The van der Waals surface area contributed by atoms with Gasteiger partial charge in [-0.15, -0.1) is 0 Å². The van der Waals surface area contributed by atoms with Crippen LogP contribution in [0.3, 0.4) is 0 Å². The van der Waals surface area contributed by atoms with Gasteiger partial charge in [-0.3, -0.25) is 4.98 Å². The summed E-state index contributed by atoms with van der Waals surface area (Å²) in [5.74, 6) is 0.824. The van der Waals surface area contributed by atoms with E-state index in [0.717, 1.165) is 27.6 Å². The third kappa shape index (κ3) is 10.8. The van der Waals surface area contributed by atoms with Gasteiger partial charge in [0, 0.05) is 38.9 Å². The van der Waals surface area contributed by atoms with Gasteiger partial charge in [-0.1, -0.05) is 48.6 Å². The summed E-state index contributed by atoms with van der Waals surface area (Å²) in [6, 6.07) is 19.9. The maximum absolute atomic E-state index is 5.90. The Morgan fingerprint density at radius 3 is 1.57 bits per heavy atom. The first-order chi connectivity index (χ1) is 14.2. The first-order valence-electron chi connectivity index (χ1n) is 9.25. The second-order valence-corrected chi connectivity index (χ2v) is 9.25. The largest absolute Gasteiger partial charge is 5.00 e. The summed E-state index contributed by atoms with van der Waals surface area (Å²) in [7, 11) is 2.02. The van der Waals surface area contributed by atoms with Crippen LogP contribution in [-0.2, 0) is 39.4 Å². The molecule has 0 spiro atoms. The second-order valence-electron chi connectivity index (χ2n) is 6.34. The SMILES string of the molecule is CO[Si](OC)(OC)c1ccc(COc2ccc(/C=C/c3ccncc3)cc2)cc1.[NH2-].[NH2-].[NH2-].[NH2-].[NH2-].[Ru+5]. The van der Waals surface area contributed by atoms with Crippen molar-refractivity contribution in [1.82, 2.24) is 4.98 Å². The summed E-state index contributed by atoms with van der Waals surface area (Å²) < 4.78 is 22.4. The Hall–Kier alpha value is -2.35. The molecule has 1 radical (unpaired) electrons. The Morgan fingerprint density at radius 2 is 1.11 bits per heavy atom. The first-order valence-corrected chi connectivity index (χ1v) is 11.0. The van der Waals surface area contributed by atoms with Crippen molar-refractivity contribution in [2.75, 3.05) is 21.3 Å². The van der Waals surface area contributed by atoms with Crippen molar-refractivity contribution in [2.45, 2.75) is 6.61 Å². The van der Waals surface area contributed by atoms with Gasteiger partial charge in [0.05, 0.1) is 0 Å². The first kappa shape index (κ1) is 39.8. The minimum atomic E-state index is -2.79. The number of hydrogen-bond donors (Lipinski definition) is 0. The van der Waals surface area contributed by atoms with Crippen LogP contribution in [0.25, 0.3) is 42.9 Å². The topological polar surface area (TPSA) is 217 Å². The summed E-state index contributed by atoms with van der Waals surface area (Å²) in [6.45, 7) is 0.480. The van der Waals surface area contributed by atoms with E-state index < -0.39 is 8.80 Å². The van der Waals surface area contributed by atoms with Crippen LogP contribution in [-0.4, -0.2) is 35.1 Å². The van der Waals surface area contributed by atoms with Crippen molar-refractivity contribution < 1.29 is 37.5 Å². The maximum atomic E-state index is 5.90. The summed E-state index contributed by atoms with van der Waals surface area (Å²) in [5, 5.41) is 0.916.